The molecule has 0 saturated heterocycles. The topological polar surface area (TPSA) is 56.8 Å². The van der Waals surface area contributed by atoms with Gasteiger partial charge in [-0.2, -0.15) is 0 Å². The summed E-state index contributed by atoms with van der Waals surface area (Å²) in [6.45, 7) is 5.06. The number of nitrogens with one attached hydrogen (secondary N) is 1. The Bertz CT molecular complexity index is 905. The SMILES string of the molecule is CC1(C)CC2(C(=O)Nc3ccccc32)c2cc3c(cc2O1)OCCO3. The van der Waals surface area contributed by atoms with Crippen LogP contribution in [0.3, 0.4) is 0 Å². The third kappa shape index (κ3) is 1.92. The van der Waals surface area contributed by atoms with Crippen LogP contribution in [0.25, 0.3) is 0 Å². The zero-order valence-electron chi connectivity index (χ0n) is 14.2. The summed E-state index contributed by atoms with van der Waals surface area (Å²) in [5, 5.41) is 3.05. The first kappa shape index (κ1) is 14.6. The lowest BCUT2D eigenvalue weighted by Gasteiger charge is -2.43. The second-order valence-electron chi connectivity index (χ2n) is 7.44. The van der Waals surface area contributed by atoms with Gasteiger partial charge in [0, 0.05) is 23.7 Å². The summed E-state index contributed by atoms with van der Waals surface area (Å²) in [5.74, 6) is 2.02. The Morgan fingerprint density at radius 3 is 2.48 bits per heavy atom. The molecule has 2 aromatic rings. The van der Waals surface area contributed by atoms with Crippen LogP contribution in [0.1, 0.15) is 31.4 Å². The maximum Gasteiger partial charge on any atom is 0.239 e. The highest BCUT2D eigenvalue weighted by molar-refractivity contribution is 6.09. The normalized spacial score (nSPS) is 25.0. The Morgan fingerprint density at radius 2 is 1.68 bits per heavy atom. The quantitative estimate of drug-likeness (QED) is 0.802. The number of ether oxygens (including phenoxy) is 3. The first-order valence-electron chi connectivity index (χ1n) is 8.54. The Hall–Kier alpha value is -2.69. The van der Waals surface area contributed by atoms with Crippen LogP contribution in [-0.2, 0) is 10.2 Å². The van der Waals surface area contributed by atoms with Gasteiger partial charge in [-0.25, -0.2) is 0 Å². The molecule has 128 valence electrons. The summed E-state index contributed by atoms with van der Waals surface area (Å²) in [6, 6.07) is 11.7. The van der Waals surface area contributed by atoms with E-state index in [9.17, 15) is 4.79 Å². The molecule has 1 N–H and O–H groups in total. The van der Waals surface area contributed by atoms with Crippen LogP contribution in [0.5, 0.6) is 17.2 Å². The fourth-order valence-electron chi connectivity index (χ4n) is 4.31. The van der Waals surface area contributed by atoms with Crippen molar-refractivity contribution in [3.05, 3.63) is 47.5 Å². The number of amides is 1. The Morgan fingerprint density at radius 1 is 0.960 bits per heavy atom. The molecule has 0 saturated carbocycles. The van der Waals surface area contributed by atoms with E-state index >= 15 is 0 Å². The molecule has 1 atom stereocenters. The Balaban J connectivity index is 1.81. The highest BCUT2D eigenvalue weighted by Crippen LogP contribution is 2.56. The van der Waals surface area contributed by atoms with Gasteiger partial charge in [-0.15, -0.1) is 0 Å². The van der Waals surface area contributed by atoms with E-state index in [1.54, 1.807) is 0 Å². The van der Waals surface area contributed by atoms with Crippen LogP contribution in [-0.4, -0.2) is 24.7 Å². The van der Waals surface area contributed by atoms with Crippen LogP contribution in [0.2, 0.25) is 0 Å². The third-order valence-corrected chi connectivity index (χ3v) is 5.20. The second-order valence-corrected chi connectivity index (χ2v) is 7.44. The lowest BCUT2D eigenvalue weighted by molar-refractivity contribution is -0.122. The predicted molar refractivity (Wildman–Crippen MR) is 92.6 cm³/mol. The van der Waals surface area contributed by atoms with Crippen molar-refractivity contribution < 1.29 is 19.0 Å². The first-order chi connectivity index (χ1) is 12.0. The van der Waals surface area contributed by atoms with Crippen LogP contribution >= 0.6 is 0 Å². The molecule has 0 aromatic heterocycles. The number of para-hydroxylation sites is 1. The average molecular weight is 337 g/mol. The standard InChI is InChI=1S/C20H19NO4/c1-19(2)11-20(12-5-3-4-6-14(12)21-18(20)22)13-9-16-17(10-15(13)25-19)24-8-7-23-16/h3-6,9-10H,7-8,11H2,1-2H3,(H,21,22). The van der Waals surface area contributed by atoms with Gasteiger partial charge in [-0.3, -0.25) is 4.79 Å². The molecule has 5 rings (SSSR count). The van der Waals surface area contributed by atoms with Crippen LogP contribution in [0.4, 0.5) is 5.69 Å². The van der Waals surface area contributed by atoms with E-state index in [-0.39, 0.29) is 5.91 Å². The molecular formula is C20H19NO4. The fraction of sp³-hybridized carbons (Fsp3) is 0.350. The molecule has 1 amide bonds. The summed E-state index contributed by atoms with van der Waals surface area (Å²) >= 11 is 0. The molecule has 5 heteroatoms. The zero-order valence-corrected chi connectivity index (χ0v) is 14.2. The maximum absolute atomic E-state index is 13.2. The van der Waals surface area contributed by atoms with Crippen LogP contribution in [0.15, 0.2) is 36.4 Å². The van der Waals surface area contributed by atoms with Gasteiger partial charge in [0.05, 0.1) is 0 Å². The third-order valence-electron chi connectivity index (χ3n) is 5.20. The smallest absolute Gasteiger partial charge is 0.239 e. The number of anilines is 1. The molecule has 25 heavy (non-hydrogen) atoms. The van der Waals surface area contributed by atoms with E-state index in [2.05, 4.69) is 5.32 Å². The maximum atomic E-state index is 13.2. The number of hydrogen-bond donors (Lipinski definition) is 1. The monoisotopic (exact) mass is 337 g/mol. The summed E-state index contributed by atoms with van der Waals surface area (Å²) in [7, 11) is 0. The number of hydrogen-bond acceptors (Lipinski definition) is 4. The van der Waals surface area contributed by atoms with Crippen molar-refractivity contribution in [3.8, 4) is 17.2 Å². The van der Waals surface area contributed by atoms with Crippen molar-refractivity contribution in [2.24, 2.45) is 0 Å². The van der Waals surface area contributed by atoms with Gasteiger partial charge in [0.1, 0.15) is 30.0 Å². The van der Waals surface area contributed by atoms with Gasteiger partial charge in [0.25, 0.3) is 0 Å². The van der Waals surface area contributed by atoms with Gasteiger partial charge in [0.15, 0.2) is 11.5 Å². The molecule has 0 fully saturated rings. The summed E-state index contributed by atoms with van der Waals surface area (Å²) in [4.78, 5) is 13.2. The second kappa shape index (κ2) is 4.69. The number of fused-ring (bicyclic) bond motifs is 5. The van der Waals surface area contributed by atoms with E-state index in [1.165, 1.54) is 0 Å². The molecule has 0 aliphatic carbocycles. The molecular weight excluding hydrogens is 318 g/mol. The molecule has 3 aliphatic rings. The lowest BCUT2D eigenvalue weighted by atomic mass is 9.67. The minimum Gasteiger partial charge on any atom is -0.487 e. The number of carbonyl (C=O) groups is 1. The van der Waals surface area contributed by atoms with Gasteiger partial charge in [-0.1, -0.05) is 18.2 Å². The minimum absolute atomic E-state index is 0.0111. The minimum atomic E-state index is -0.774. The fourth-order valence-corrected chi connectivity index (χ4v) is 4.31. The van der Waals surface area contributed by atoms with E-state index in [1.807, 2.05) is 50.2 Å². The molecule has 1 unspecified atom stereocenters. The predicted octanol–water partition coefficient (Wildman–Crippen LogP) is 3.26. The van der Waals surface area contributed by atoms with Crippen molar-refractivity contribution in [1.82, 2.24) is 0 Å². The molecule has 1 spiro atoms. The molecule has 2 aromatic carbocycles. The van der Waals surface area contributed by atoms with E-state index in [0.29, 0.717) is 36.9 Å². The average Bonchev–Trinajstić information content (AvgIpc) is 2.85. The number of carbonyl (C=O) groups excluding carboxylic acids is 1. The van der Waals surface area contributed by atoms with Crippen molar-refractivity contribution in [2.75, 3.05) is 18.5 Å². The van der Waals surface area contributed by atoms with Gasteiger partial charge in [-0.05, 0) is 31.5 Å². The molecule has 3 heterocycles. The van der Waals surface area contributed by atoms with E-state index in [4.69, 9.17) is 14.2 Å². The summed E-state index contributed by atoms with van der Waals surface area (Å²) < 4.78 is 17.7. The van der Waals surface area contributed by atoms with Gasteiger partial charge < -0.3 is 19.5 Å². The van der Waals surface area contributed by atoms with Crippen molar-refractivity contribution in [3.63, 3.8) is 0 Å². The van der Waals surface area contributed by atoms with Crippen molar-refractivity contribution in [2.45, 2.75) is 31.3 Å². The van der Waals surface area contributed by atoms with Gasteiger partial charge >= 0.3 is 0 Å². The van der Waals surface area contributed by atoms with E-state index < -0.39 is 11.0 Å². The molecule has 5 nitrogen and oxygen atoms in total. The molecule has 0 bridgehead atoms. The highest BCUT2D eigenvalue weighted by atomic mass is 16.6. The van der Waals surface area contributed by atoms with Gasteiger partial charge in [0.2, 0.25) is 5.91 Å². The highest BCUT2D eigenvalue weighted by Gasteiger charge is 2.56. The van der Waals surface area contributed by atoms with E-state index in [0.717, 1.165) is 16.8 Å². The molecule has 0 radical (unpaired) electrons. The molecule has 3 aliphatic heterocycles. The van der Waals surface area contributed by atoms with Crippen molar-refractivity contribution >= 4 is 11.6 Å². The Kier molecular flexibility index (Phi) is 2.74. The summed E-state index contributed by atoms with van der Waals surface area (Å²) in [5.41, 5.74) is 1.45. The lowest BCUT2D eigenvalue weighted by Crippen LogP contribution is -2.48. The zero-order chi connectivity index (χ0) is 17.2. The summed E-state index contributed by atoms with van der Waals surface area (Å²) in [6.07, 6.45) is 0.565. The van der Waals surface area contributed by atoms with Crippen LogP contribution < -0.4 is 19.5 Å². The van der Waals surface area contributed by atoms with Crippen LogP contribution in [0, 0.1) is 0 Å². The number of rotatable bonds is 0. The van der Waals surface area contributed by atoms with Crippen molar-refractivity contribution in [1.29, 1.82) is 0 Å². The Labute approximate surface area is 145 Å². The number of benzene rings is 2. The largest absolute Gasteiger partial charge is 0.487 e. The first-order valence-corrected chi connectivity index (χ1v) is 8.54.